The summed E-state index contributed by atoms with van der Waals surface area (Å²) in [5, 5.41) is 0. The number of allylic oxidation sites excluding steroid dienone is 6. The molecule has 1 aliphatic carbocycles. The summed E-state index contributed by atoms with van der Waals surface area (Å²) in [5.74, 6) is -0.858. The quantitative estimate of drug-likeness (QED) is 0.580. The summed E-state index contributed by atoms with van der Waals surface area (Å²) < 4.78 is 32.7. The summed E-state index contributed by atoms with van der Waals surface area (Å²) in [4.78, 5) is 18.1. The van der Waals surface area contributed by atoms with Gasteiger partial charge in [-0.15, -0.1) is 13.2 Å². The topological polar surface area (TPSA) is 55.0 Å². The van der Waals surface area contributed by atoms with Crippen LogP contribution in [-0.4, -0.2) is 16.3 Å². The van der Waals surface area contributed by atoms with Gasteiger partial charge in [-0.1, -0.05) is 13.0 Å². The summed E-state index contributed by atoms with van der Waals surface area (Å²) in [6.45, 7) is 9.95. The number of H-pyrrole nitrogens is 1. The molecule has 0 bridgehead atoms. The minimum Gasteiger partial charge on any atom is -0.485 e. The molecule has 1 aliphatic rings. The van der Waals surface area contributed by atoms with Gasteiger partial charge in [-0.2, -0.15) is 0 Å². The molecule has 0 unspecified atom stereocenters. The average Bonchev–Trinajstić information content (AvgIpc) is 2.89. The van der Waals surface area contributed by atoms with Gasteiger partial charge in [-0.05, 0) is 19.4 Å². The van der Waals surface area contributed by atoms with Crippen molar-refractivity contribution >= 4 is 12.4 Å². The summed E-state index contributed by atoms with van der Waals surface area (Å²) >= 11 is 0. The van der Waals surface area contributed by atoms with E-state index in [4.69, 9.17) is 4.74 Å². The number of aromatic nitrogens is 2. The average molecular weight is 348 g/mol. The van der Waals surface area contributed by atoms with Gasteiger partial charge in [-0.25, -0.2) is 13.8 Å². The Hall–Kier alpha value is -2.76. The minimum absolute atomic E-state index is 0.0107. The number of ether oxygens (including phenoxy) is 1. The number of imidazole rings is 1. The molecule has 0 fully saturated rings. The molecule has 4 nitrogen and oxygen atoms in total. The fourth-order valence-electron chi connectivity index (χ4n) is 2.06. The van der Waals surface area contributed by atoms with Crippen molar-refractivity contribution in [1.29, 1.82) is 0 Å². The summed E-state index contributed by atoms with van der Waals surface area (Å²) in [6, 6.07) is 0. The van der Waals surface area contributed by atoms with Crippen LogP contribution in [0.1, 0.15) is 37.0 Å². The fraction of sp³-hybridized carbons (Fsp3) is 0.263. The first-order valence-electron chi connectivity index (χ1n) is 7.80. The van der Waals surface area contributed by atoms with E-state index in [-0.39, 0.29) is 24.4 Å². The number of rotatable bonds is 6. The van der Waals surface area contributed by atoms with Crippen LogP contribution >= 0.6 is 0 Å². The van der Waals surface area contributed by atoms with Crippen LogP contribution in [0, 0.1) is 6.92 Å². The number of hydrogen-bond acceptors (Lipinski definition) is 3. The lowest BCUT2D eigenvalue weighted by atomic mass is 10.2. The van der Waals surface area contributed by atoms with E-state index in [2.05, 4.69) is 23.1 Å². The van der Waals surface area contributed by atoms with Crippen molar-refractivity contribution in [2.45, 2.75) is 33.3 Å². The molecule has 0 spiro atoms. The number of aryl methyl sites for hydroxylation is 1. The van der Waals surface area contributed by atoms with E-state index in [1.54, 1.807) is 0 Å². The maximum absolute atomic E-state index is 13.7. The van der Waals surface area contributed by atoms with Crippen LogP contribution in [0.5, 0.6) is 0 Å². The number of halogens is 2. The minimum atomic E-state index is -0.791. The normalized spacial score (nSPS) is 14.4. The van der Waals surface area contributed by atoms with Crippen LogP contribution in [0.4, 0.5) is 8.78 Å². The SMILES string of the molecule is C=C.CC/C=C\c1nc(COC2=CC(F)=C(C=O)CC(F)=C2)[nH]c1C. The van der Waals surface area contributed by atoms with Crippen molar-refractivity contribution in [2.24, 2.45) is 0 Å². The predicted molar refractivity (Wildman–Crippen MR) is 94.8 cm³/mol. The second-order valence-corrected chi connectivity index (χ2v) is 5.10. The Morgan fingerprint density at radius 3 is 2.72 bits per heavy atom. The van der Waals surface area contributed by atoms with Crippen molar-refractivity contribution in [2.75, 3.05) is 0 Å². The number of hydrogen-bond donors (Lipinski definition) is 1. The van der Waals surface area contributed by atoms with Gasteiger partial charge in [0.05, 0.1) is 5.69 Å². The Balaban J connectivity index is 0.00000151. The fourth-order valence-corrected chi connectivity index (χ4v) is 2.06. The third-order valence-corrected chi connectivity index (χ3v) is 3.23. The van der Waals surface area contributed by atoms with Crippen LogP contribution < -0.4 is 0 Å². The molecule has 0 aromatic carbocycles. The first-order valence-corrected chi connectivity index (χ1v) is 7.80. The van der Waals surface area contributed by atoms with Gasteiger partial charge >= 0.3 is 0 Å². The summed E-state index contributed by atoms with van der Waals surface area (Å²) in [7, 11) is 0. The van der Waals surface area contributed by atoms with Crippen molar-refractivity contribution in [3.05, 3.63) is 71.6 Å². The first kappa shape index (κ1) is 20.3. The molecule has 0 saturated heterocycles. The zero-order chi connectivity index (χ0) is 18.8. The molecule has 1 aromatic heterocycles. The number of nitrogens with zero attached hydrogens (tertiary/aromatic N) is 1. The highest BCUT2D eigenvalue weighted by Crippen LogP contribution is 2.24. The lowest BCUT2D eigenvalue weighted by Gasteiger charge is -2.04. The summed E-state index contributed by atoms with van der Waals surface area (Å²) in [6.07, 6.45) is 6.81. The Morgan fingerprint density at radius 1 is 1.36 bits per heavy atom. The van der Waals surface area contributed by atoms with Crippen LogP contribution in [0.3, 0.4) is 0 Å². The van der Waals surface area contributed by atoms with E-state index in [1.165, 1.54) is 0 Å². The van der Waals surface area contributed by atoms with Crippen LogP contribution in [0.2, 0.25) is 0 Å². The molecule has 6 heteroatoms. The number of carbonyl (C=O) groups excluding carboxylic acids is 1. The number of nitrogens with one attached hydrogen (secondary N) is 1. The Bertz CT molecular complexity index is 728. The van der Waals surface area contributed by atoms with E-state index in [0.29, 0.717) is 12.1 Å². The molecule has 0 aliphatic heterocycles. The van der Waals surface area contributed by atoms with Gasteiger partial charge in [0.15, 0.2) is 0 Å². The van der Waals surface area contributed by atoms with E-state index >= 15 is 0 Å². The smallest absolute Gasteiger partial charge is 0.149 e. The standard InChI is InChI=1S/C17H18F2N2O2.C2H4/c1-3-4-5-16-11(2)20-17(21-16)10-23-14-7-13(18)6-12(9-22)15(19)8-14;1-2/h4-5,7-9H,3,6,10H2,1-2H3,(H,20,21);1-2H2/b5-4-;. The lowest BCUT2D eigenvalue weighted by molar-refractivity contribution is -0.105. The highest BCUT2D eigenvalue weighted by molar-refractivity contribution is 5.76. The van der Waals surface area contributed by atoms with E-state index in [1.807, 2.05) is 26.0 Å². The second-order valence-electron chi connectivity index (χ2n) is 5.10. The molecule has 25 heavy (non-hydrogen) atoms. The molecule has 0 amide bonds. The maximum Gasteiger partial charge on any atom is 0.149 e. The molecule has 1 N–H and O–H groups in total. The van der Waals surface area contributed by atoms with Crippen LogP contribution in [0.25, 0.3) is 6.08 Å². The maximum atomic E-state index is 13.7. The van der Waals surface area contributed by atoms with E-state index < -0.39 is 11.7 Å². The zero-order valence-corrected chi connectivity index (χ0v) is 14.4. The number of carbonyl (C=O) groups is 1. The van der Waals surface area contributed by atoms with Gasteiger partial charge < -0.3 is 9.72 Å². The monoisotopic (exact) mass is 348 g/mol. The van der Waals surface area contributed by atoms with Crippen molar-refractivity contribution in [3.8, 4) is 0 Å². The molecular weight excluding hydrogens is 326 g/mol. The van der Waals surface area contributed by atoms with Gasteiger partial charge in [0.25, 0.3) is 0 Å². The Kier molecular flexibility index (Phi) is 8.26. The molecule has 0 saturated carbocycles. The van der Waals surface area contributed by atoms with Crippen LogP contribution in [-0.2, 0) is 16.1 Å². The van der Waals surface area contributed by atoms with Gasteiger partial charge in [-0.3, -0.25) is 4.79 Å². The summed E-state index contributed by atoms with van der Waals surface area (Å²) in [5.41, 5.74) is 1.45. The molecule has 0 radical (unpaired) electrons. The van der Waals surface area contributed by atoms with Crippen molar-refractivity contribution < 1.29 is 18.3 Å². The molecular formula is C19H22F2N2O2. The molecule has 1 heterocycles. The zero-order valence-electron chi connectivity index (χ0n) is 14.4. The van der Waals surface area contributed by atoms with Gasteiger partial charge in [0.1, 0.15) is 36.1 Å². The predicted octanol–water partition coefficient (Wildman–Crippen LogP) is 5.02. The Labute approximate surface area is 146 Å². The highest BCUT2D eigenvalue weighted by atomic mass is 19.1. The highest BCUT2D eigenvalue weighted by Gasteiger charge is 2.14. The van der Waals surface area contributed by atoms with E-state index in [0.717, 1.165) is 30.0 Å². The number of aldehydes is 1. The molecule has 0 atom stereocenters. The Morgan fingerprint density at radius 2 is 2.08 bits per heavy atom. The molecule has 134 valence electrons. The van der Waals surface area contributed by atoms with Gasteiger partial charge in [0.2, 0.25) is 0 Å². The van der Waals surface area contributed by atoms with Crippen molar-refractivity contribution in [1.82, 2.24) is 9.97 Å². The number of aromatic amines is 1. The van der Waals surface area contributed by atoms with Crippen molar-refractivity contribution in [3.63, 3.8) is 0 Å². The third-order valence-electron chi connectivity index (χ3n) is 3.23. The second kappa shape index (κ2) is 10.2. The molecule has 2 rings (SSSR count). The molecule has 1 aromatic rings. The van der Waals surface area contributed by atoms with Gasteiger partial charge in [0, 0.05) is 29.8 Å². The van der Waals surface area contributed by atoms with Crippen LogP contribution in [0.15, 0.2) is 54.4 Å². The first-order chi connectivity index (χ1) is 12.0. The van der Waals surface area contributed by atoms with E-state index in [9.17, 15) is 13.6 Å². The third kappa shape index (κ3) is 5.99. The lowest BCUT2D eigenvalue weighted by Crippen LogP contribution is -1.95. The largest absolute Gasteiger partial charge is 0.485 e.